The fourth-order valence-electron chi connectivity index (χ4n) is 5.54. The highest BCUT2D eigenvalue weighted by atomic mass is 32.2. The van der Waals surface area contributed by atoms with Crippen LogP contribution in [-0.2, 0) is 9.84 Å². The highest BCUT2D eigenvalue weighted by Crippen LogP contribution is 2.41. The molecule has 2 aliphatic heterocycles. The van der Waals surface area contributed by atoms with Crippen LogP contribution in [0.3, 0.4) is 0 Å². The van der Waals surface area contributed by atoms with E-state index >= 15 is 0 Å². The number of carbonyl (C=O) groups excluding carboxylic acids is 1. The first-order valence-electron chi connectivity index (χ1n) is 11.6. The van der Waals surface area contributed by atoms with Gasteiger partial charge in [-0.2, -0.15) is 0 Å². The minimum atomic E-state index is -3.42. The van der Waals surface area contributed by atoms with Crippen LogP contribution in [0.15, 0.2) is 88.3 Å². The zero-order valence-corrected chi connectivity index (χ0v) is 19.3. The Morgan fingerprint density at radius 2 is 1.53 bits per heavy atom. The number of nitrogens with zero attached hydrogens (tertiary/aromatic N) is 2. The van der Waals surface area contributed by atoms with Gasteiger partial charge in [0.2, 0.25) is 0 Å². The van der Waals surface area contributed by atoms with Gasteiger partial charge in [0.1, 0.15) is 5.52 Å². The summed E-state index contributed by atoms with van der Waals surface area (Å²) in [6.45, 7) is 0. The number of aromatic nitrogens is 1. The van der Waals surface area contributed by atoms with E-state index in [4.69, 9.17) is 4.52 Å². The topological polar surface area (TPSA) is 80.5 Å². The third-order valence-electron chi connectivity index (χ3n) is 7.19. The molecule has 172 valence electrons. The lowest BCUT2D eigenvalue weighted by atomic mass is 10.00. The fourth-order valence-corrected chi connectivity index (χ4v) is 7.41. The number of hydrogen-bond donors (Lipinski definition) is 0. The summed E-state index contributed by atoms with van der Waals surface area (Å²) >= 11 is 0. The Hall–Kier alpha value is -3.45. The van der Waals surface area contributed by atoms with E-state index in [0.717, 1.165) is 23.8 Å². The van der Waals surface area contributed by atoms with E-state index in [1.165, 1.54) is 0 Å². The van der Waals surface area contributed by atoms with E-state index in [0.29, 0.717) is 34.6 Å². The van der Waals surface area contributed by atoms with Crippen LogP contribution < -0.4 is 0 Å². The zero-order chi connectivity index (χ0) is 23.3. The fraction of sp³-hybridized carbons (Fsp3) is 0.259. The van der Waals surface area contributed by atoms with Crippen molar-refractivity contribution >= 4 is 26.6 Å². The van der Waals surface area contributed by atoms with Gasteiger partial charge in [-0.3, -0.25) is 4.79 Å². The Morgan fingerprint density at radius 1 is 0.882 bits per heavy atom. The first kappa shape index (κ1) is 21.1. The Labute approximate surface area is 198 Å². The minimum absolute atomic E-state index is 0.0508. The lowest BCUT2D eigenvalue weighted by Gasteiger charge is -2.38. The molecule has 2 fully saturated rings. The Bertz CT molecular complexity index is 1450. The number of sulfone groups is 1. The van der Waals surface area contributed by atoms with Crippen molar-refractivity contribution in [2.75, 3.05) is 0 Å². The van der Waals surface area contributed by atoms with E-state index in [1.54, 1.807) is 30.3 Å². The molecule has 0 aliphatic carbocycles. The van der Waals surface area contributed by atoms with Crippen LogP contribution in [0.5, 0.6) is 0 Å². The summed E-state index contributed by atoms with van der Waals surface area (Å²) in [5.74, 6) is 0.589. The van der Waals surface area contributed by atoms with Crippen LogP contribution in [0.1, 0.15) is 36.0 Å². The van der Waals surface area contributed by atoms with Crippen molar-refractivity contribution in [3.05, 3.63) is 84.4 Å². The van der Waals surface area contributed by atoms with Gasteiger partial charge in [0.25, 0.3) is 5.91 Å². The summed E-state index contributed by atoms with van der Waals surface area (Å²) in [6, 6.07) is 23.7. The normalized spacial score (nSPS) is 22.2. The molecule has 4 aromatic rings. The first-order chi connectivity index (χ1) is 16.5. The second-order valence-electron chi connectivity index (χ2n) is 9.16. The summed E-state index contributed by atoms with van der Waals surface area (Å²) in [7, 11) is -3.42. The van der Waals surface area contributed by atoms with E-state index in [9.17, 15) is 13.2 Å². The van der Waals surface area contributed by atoms with E-state index in [-0.39, 0.29) is 18.0 Å². The minimum Gasteiger partial charge on any atom is -0.355 e. The van der Waals surface area contributed by atoms with Crippen LogP contribution >= 0.6 is 0 Å². The van der Waals surface area contributed by atoms with E-state index in [2.05, 4.69) is 5.16 Å². The smallest absolute Gasteiger partial charge is 0.254 e. The van der Waals surface area contributed by atoms with Crippen molar-refractivity contribution in [2.24, 2.45) is 0 Å². The van der Waals surface area contributed by atoms with Gasteiger partial charge in [0.05, 0.1) is 15.5 Å². The molecule has 2 unspecified atom stereocenters. The second kappa shape index (κ2) is 8.09. The maximum atomic E-state index is 13.6. The molecule has 6 rings (SSSR count). The van der Waals surface area contributed by atoms with Gasteiger partial charge in [-0.25, -0.2) is 8.42 Å². The first-order valence-corrected chi connectivity index (χ1v) is 13.1. The molecule has 2 bridgehead atoms. The molecular weight excluding hydrogens is 448 g/mol. The predicted octanol–water partition coefficient (Wildman–Crippen LogP) is 5.10. The second-order valence-corrected chi connectivity index (χ2v) is 11.4. The number of rotatable bonds is 4. The summed E-state index contributed by atoms with van der Waals surface area (Å²) in [5, 5.41) is 4.49. The largest absolute Gasteiger partial charge is 0.355 e. The molecule has 1 amide bonds. The van der Waals surface area contributed by atoms with Crippen molar-refractivity contribution < 1.29 is 17.7 Å². The van der Waals surface area contributed by atoms with Crippen LogP contribution in [0.2, 0.25) is 0 Å². The van der Waals surface area contributed by atoms with E-state index < -0.39 is 15.1 Å². The van der Waals surface area contributed by atoms with Crippen LogP contribution in [0, 0.1) is 0 Å². The van der Waals surface area contributed by atoms with E-state index in [1.807, 2.05) is 53.4 Å². The molecule has 1 aromatic heterocycles. The average molecular weight is 473 g/mol. The van der Waals surface area contributed by atoms with Gasteiger partial charge in [-0.15, -0.1) is 0 Å². The molecule has 6 nitrogen and oxygen atoms in total. The average Bonchev–Trinajstić information content (AvgIpc) is 3.41. The molecule has 3 aromatic carbocycles. The summed E-state index contributed by atoms with van der Waals surface area (Å²) in [4.78, 5) is 15.9. The third-order valence-corrected chi connectivity index (χ3v) is 9.39. The monoisotopic (exact) mass is 472 g/mol. The quantitative estimate of drug-likeness (QED) is 0.413. The predicted molar refractivity (Wildman–Crippen MR) is 129 cm³/mol. The zero-order valence-electron chi connectivity index (χ0n) is 18.5. The number of benzene rings is 3. The number of fused-ring (bicyclic) bond motifs is 3. The molecule has 2 aliphatic rings. The number of piperidine rings is 1. The molecular formula is C27H24N2O4S. The molecule has 0 radical (unpaired) electrons. The molecule has 3 heterocycles. The van der Waals surface area contributed by atoms with Crippen molar-refractivity contribution in [3.8, 4) is 11.3 Å². The lowest BCUT2D eigenvalue weighted by Crippen LogP contribution is -2.49. The van der Waals surface area contributed by atoms with Gasteiger partial charge >= 0.3 is 0 Å². The molecule has 0 saturated carbocycles. The van der Waals surface area contributed by atoms with Crippen LogP contribution in [0.25, 0.3) is 22.2 Å². The molecule has 7 heteroatoms. The molecule has 2 atom stereocenters. The number of hydrogen-bond acceptors (Lipinski definition) is 5. The molecule has 2 saturated heterocycles. The standard InChI is InChI=1S/C27H24N2O4S/c30-27(19-11-14-25-24(15-19)26(33-28-25)18-7-3-1-4-8-18)29-20-12-13-21(29)17-23(16-20)34(31,32)22-9-5-2-6-10-22/h1-11,14-15,20-21,23H,12-13,16-17H2. The third kappa shape index (κ3) is 3.42. The SMILES string of the molecule is O=C(c1ccc2noc(-c3ccccc3)c2c1)N1C2CCC1CC(S(=O)(=O)c1ccccc1)C2. The molecule has 0 N–H and O–H groups in total. The molecule has 0 spiro atoms. The van der Waals surface area contributed by atoms with Gasteiger partial charge in [-0.05, 0) is 56.0 Å². The van der Waals surface area contributed by atoms with Crippen LogP contribution in [0.4, 0.5) is 0 Å². The van der Waals surface area contributed by atoms with Crippen LogP contribution in [-0.4, -0.2) is 41.7 Å². The van der Waals surface area contributed by atoms with Crippen molar-refractivity contribution in [3.63, 3.8) is 0 Å². The summed E-state index contributed by atoms with van der Waals surface area (Å²) in [5.41, 5.74) is 2.18. The van der Waals surface area contributed by atoms with Gasteiger partial charge < -0.3 is 9.42 Å². The Morgan fingerprint density at radius 3 is 2.21 bits per heavy atom. The highest BCUT2D eigenvalue weighted by Gasteiger charge is 2.47. The van der Waals surface area contributed by atoms with Gasteiger partial charge in [0.15, 0.2) is 15.6 Å². The summed E-state index contributed by atoms with van der Waals surface area (Å²) < 4.78 is 32.0. The maximum Gasteiger partial charge on any atom is 0.254 e. The Kier molecular flexibility index (Phi) is 5.03. The lowest BCUT2D eigenvalue weighted by molar-refractivity contribution is 0.0598. The van der Waals surface area contributed by atoms with Crippen molar-refractivity contribution in [2.45, 2.75) is 47.9 Å². The maximum absolute atomic E-state index is 13.6. The number of amides is 1. The number of carbonyl (C=O) groups is 1. The Balaban J connectivity index is 1.29. The van der Waals surface area contributed by atoms with Gasteiger partial charge in [-0.1, -0.05) is 53.7 Å². The van der Waals surface area contributed by atoms with Crippen molar-refractivity contribution in [1.29, 1.82) is 0 Å². The molecule has 34 heavy (non-hydrogen) atoms. The van der Waals surface area contributed by atoms with Gasteiger partial charge in [0, 0.05) is 23.2 Å². The highest BCUT2D eigenvalue weighted by molar-refractivity contribution is 7.92. The summed E-state index contributed by atoms with van der Waals surface area (Å²) in [6.07, 6.45) is 2.62. The van der Waals surface area contributed by atoms with Crippen molar-refractivity contribution in [1.82, 2.24) is 10.1 Å².